The quantitative estimate of drug-likeness (QED) is 0.309. The molecule has 1 atom stereocenters. The molecule has 0 bridgehead atoms. The van der Waals surface area contributed by atoms with E-state index in [4.69, 9.17) is 4.42 Å². The van der Waals surface area contributed by atoms with Crippen molar-refractivity contribution in [2.75, 3.05) is 16.8 Å². The van der Waals surface area contributed by atoms with Crippen LogP contribution in [0.5, 0.6) is 0 Å². The predicted molar refractivity (Wildman–Crippen MR) is 139 cm³/mol. The minimum atomic E-state index is 0.147. The number of nitrogens with zero attached hydrogens (tertiary/aromatic N) is 1. The molecule has 1 aliphatic heterocycles. The molecule has 164 valence electrons. The third kappa shape index (κ3) is 3.03. The van der Waals surface area contributed by atoms with Gasteiger partial charge in [0.1, 0.15) is 11.2 Å². The fraction of sp³-hybridized carbons (Fsp3) is 0.200. The zero-order valence-electron chi connectivity index (χ0n) is 19.4. The van der Waals surface area contributed by atoms with Gasteiger partial charge in [0.05, 0.1) is 11.4 Å². The molecule has 0 amide bonds. The number of rotatable bonds is 4. The first-order chi connectivity index (χ1) is 16.1. The second-order valence-corrected chi connectivity index (χ2v) is 9.37. The standard InChI is InChI=1S/C30H28N2O/c1-4-30(3)19-32(25-14-8-6-12-22(25)30)26-15-9-7-13-24(26)31-23-17-18-28-29(20(23)2)21-11-5-10-16-27(21)33-28/h5-18,31H,4,19H2,1-3H3. The Morgan fingerprint density at radius 3 is 2.39 bits per heavy atom. The van der Waals surface area contributed by atoms with Crippen molar-refractivity contribution in [1.29, 1.82) is 0 Å². The molecule has 0 fully saturated rings. The maximum absolute atomic E-state index is 6.08. The first-order valence-electron chi connectivity index (χ1n) is 11.7. The Bertz CT molecular complexity index is 1500. The van der Waals surface area contributed by atoms with E-state index in [0.29, 0.717) is 0 Å². The van der Waals surface area contributed by atoms with Crippen LogP contribution in [-0.4, -0.2) is 6.54 Å². The Balaban J connectivity index is 1.45. The molecular weight excluding hydrogens is 404 g/mol. The molecule has 3 nitrogen and oxygen atoms in total. The lowest BCUT2D eigenvalue weighted by molar-refractivity contribution is 0.492. The van der Waals surface area contributed by atoms with Crippen molar-refractivity contribution in [3.8, 4) is 0 Å². The van der Waals surface area contributed by atoms with Gasteiger partial charge in [-0.25, -0.2) is 0 Å². The predicted octanol–water partition coefficient (Wildman–Crippen LogP) is 8.46. The number of hydrogen-bond acceptors (Lipinski definition) is 3. The molecule has 3 heteroatoms. The second kappa shape index (κ2) is 7.41. The molecule has 0 saturated heterocycles. The van der Waals surface area contributed by atoms with Gasteiger partial charge in [0.25, 0.3) is 0 Å². The molecule has 0 aliphatic carbocycles. The van der Waals surface area contributed by atoms with Crippen LogP contribution in [-0.2, 0) is 5.41 Å². The van der Waals surface area contributed by atoms with Crippen molar-refractivity contribution in [3.05, 3.63) is 96.1 Å². The maximum Gasteiger partial charge on any atom is 0.135 e. The number of fused-ring (bicyclic) bond motifs is 4. The van der Waals surface area contributed by atoms with E-state index >= 15 is 0 Å². The summed E-state index contributed by atoms with van der Waals surface area (Å²) >= 11 is 0. The van der Waals surface area contributed by atoms with Crippen molar-refractivity contribution in [1.82, 2.24) is 0 Å². The summed E-state index contributed by atoms with van der Waals surface area (Å²) in [6.07, 6.45) is 1.11. The van der Waals surface area contributed by atoms with Crippen LogP contribution in [0.4, 0.5) is 22.7 Å². The molecular formula is C30H28N2O. The Hall–Kier alpha value is -3.72. The molecule has 1 N–H and O–H groups in total. The molecule has 1 aliphatic rings. The molecule has 1 unspecified atom stereocenters. The summed E-state index contributed by atoms with van der Waals surface area (Å²) in [7, 11) is 0. The van der Waals surface area contributed by atoms with Gasteiger partial charge in [-0.2, -0.15) is 0 Å². The fourth-order valence-electron chi connectivity index (χ4n) is 5.34. The Labute approximate surface area is 194 Å². The highest BCUT2D eigenvalue weighted by atomic mass is 16.3. The number of nitrogens with one attached hydrogen (secondary N) is 1. The van der Waals surface area contributed by atoms with Crippen LogP contribution < -0.4 is 10.2 Å². The van der Waals surface area contributed by atoms with E-state index in [1.165, 1.54) is 27.9 Å². The average molecular weight is 433 g/mol. The van der Waals surface area contributed by atoms with Crippen LogP contribution in [0.15, 0.2) is 89.3 Å². The van der Waals surface area contributed by atoms with E-state index in [0.717, 1.165) is 40.9 Å². The topological polar surface area (TPSA) is 28.4 Å². The van der Waals surface area contributed by atoms with Gasteiger partial charge in [-0.3, -0.25) is 0 Å². The van der Waals surface area contributed by atoms with Crippen molar-refractivity contribution >= 4 is 44.7 Å². The minimum absolute atomic E-state index is 0.147. The molecule has 0 radical (unpaired) electrons. The van der Waals surface area contributed by atoms with Gasteiger partial charge in [0.15, 0.2) is 0 Å². The van der Waals surface area contributed by atoms with Crippen LogP contribution in [0.3, 0.4) is 0 Å². The first-order valence-corrected chi connectivity index (χ1v) is 11.7. The summed E-state index contributed by atoms with van der Waals surface area (Å²) in [6, 6.07) is 30.0. The first kappa shape index (κ1) is 19.9. The van der Waals surface area contributed by atoms with Crippen LogP contribution in [0.1, 0.15) is 31.4 Å². The average Bonchev–Trinajstić information content (AvgIpc) is 3.38. The van der Waals surface area contributed by atoms with E-state index in [1.54, 1.807) is 0 Å². The second-order valence-electron chi connectivity index (χ2n) is 9.37. The summed E-state index contributed by atoms with van der Waals surface area (Å²) in [5, 5.41) is 6.10. The van der Waals surface area contributed by atoms with Crippen molar-refractivity contribution in [3.63, 3.8) is 0 Å². The van der Waals surface area contributed by atoms with Crippen molar-refractivity contribution in [2.45, 2.75) is 32.6 Å². The number of benzene rings is 4. The lowest BCUT2D eigenvalue weighted by Gasteiger charge is -2.27. The minimum Gasteiger partial charge on any atom is -0.456 e. The van der Waals surface area contributed by atoms with E-state index in [2.05, 4.69) is 104 Å². The fourth-order valence-corrected chi connectivity index (χ4v) is 5.34. The Morgan fingerprint density at radius 1 is 0.818 bits per heavy atom. The zero-order chi connectivity index (χ0) is 22.6. The molecule has 2 heterocycles. The molecule has 5 aromatic rings. The van der Waals surface area contributed by atoms with Crippen molar-refractivity contribution in [2.24, 2.45) is 0 Å². The van der Waals surface area contributed by atoms with E-state index < -0.39 is 0 Å². The number of aryl methyl sites for hydroxylation is 1. The highest BCUT2D eigenvalue weighted by molar-refractivity contribution is 6.08. The summed E-state index contributed by atoms with van der Waals surface area (Å²) < 4.78 is 6.08. The van der Waals surface area contributed by atoms with Gasteiger partial charge in [0, 0.05) is 34.1 Å². The molecule has 0 saturated carbocycles. The number of para-hydroxylation sites is 4. The Kier molecular flexibility index (Phi) is 4.48. The van der Waals surface area contributed by atoms with Crippen LogP contribution >= 0.6 is 0 Å². The number of anilines is 4. The third-order valence-corrected chi connectivity index (χ3v) is 7.40. The third-order valence-electron chi connectivity index (χ3n) is 7.40. The van der Waals surface area contributed by atoms with Gasteiger partial charge in [-0.15, -0.1) is 0 Å². The smallest absolute Gasteiger partial charge is 0.135 e. The molecule has 0 spiro atoms. The largest absolute Gasteiger partial charge is 0.456 e. The van der Waals surface area contributed by atoms with Crippen LogP contribution in [0, 0.1) is 6.92 Å². The number of hydrogen-bond donors (Lipinski definition) is 1. The Morgan fingerprint density at radius 2 is 1.55 bits per heavy atom. The normalized spacial score (nSPS) is 17.6. The monoisotopic (exact) mass is 432 g/mol. The summed E-state index contributed by atoms with van der Waals surface area (Å²) in [6.45, 7) is 7.82. The van der Waals surface area contributed by atoms with Gasteiger partial charge >= 0.3 is 0 Å². The summed E-state index contributed by atoms with van der Waals surface area (Å²) in [4.78, 5) is 2.47. The lowest BCUT2D eigenvalue weighted by Crippen LogP contribution is -2.27. The van der Waals surface area contributed by atoms with Gasteiger partial charge < -0.3 is 14.6 Å². The lowest BCUT2D eigenvalue weighted by atomic mass is 9.82. The molecule has 6 rings (SSSR count). The van der Waals surface area contributed by atoms with E-state index in [1.807, 2.05) is 12.1 Å². The van der Waals surface area contributed by atoms with Gasteiger partial charge in [-0.1, -0.05) is 62.4 Å². The van der Waals surface area contributed by atoms with Gasteiger partial charge in [0.2, 0.25) is 0 Å². The highest BCUT2D eigenvalue weighted by Gasteiger charge is 2.38. The van der Waals surface area contributed by atoms with Crippen LogP contribution in [0.25, 0.3) is 21.9 Å². The SMILES string of the molecule is CCC1(C)CN(c2ccccc2Nc2ccc3oc4ccccc4c3c2C)c2ccccc21. The molecule has 33 heavy (non-hydrogen) atoms. The molecule has 4 aromatic carbocycles. The van der Waals surface area contributed by atoms with E-state index in [-0.39, 0.29) is 5.41 Å². The van der Waals surface area contributed by atoms with Gasteiger partial charge in [-0.05, 0) is 60.9 Å². The van der Waals surface area contributed by atoms with Crippen LogP contribution in [0.2, 0.25) is 0 Å². The summed E-state index contributed by atoms with van der Waals surface area (Å²) in [5.41, 5.74) is 9.38. The zero-order valence-corrected chi connectivity index (χ0v) is 19.4. The highest BCUT2D eigenvalue weighted by Crippen LogP contribution is 2.48. The van der Waals surface area contributed by atoms with E-state index in [9.17, 15) is 0 Å². The summed E-state index contributed by atoms with van der Waals surface area (Å²) in [5.74, 6) is 0. The van der Waals surface area contributed by atoms with Crippen molar-refractivity contribution < 1.29 is 4.42 Å². The number of furan rings is 1. The maximum atomic E-state index is 6.08. The molecule has 1 aromatic heterocycles.